The monoisotopic (exact) mass is 305 g/mol. The molecule has 106 valence electrons. The number of benzene rings is 2. The van der Waals surface area contributed by atoms with Gasteiger partial charge in [-0.3, -0.25) is 4.79 Å². The van der Waals surface area contributed by atoms with Crippen LogP contribution in [0.15, 0.2) is 71.5 Å². The first-order valence-corrected chi connectivity index (χ1v) is 7.65. The van der Waals surface area contributed by atoms with E-state index < -0.39 is 0 Å². The highest BCUT2D eigenvalue weighted by Crippen LogP contribution is 2.22. The van der Waals surface area contributed by atoms with Crippen LogP contribution in [0.25, 0.3) is 27.5 Å². The van der Waals surface area contributed by atoms with Gasteiger partial charge >= 0.3 is 4.87 Å². The highest BCUT2D eigenvalue weighted by atomic mass is 32.1. The molecular formula is C17H11N3OS. The minimum atomic E-state index is -0.133. The number of hydrogen-bond donors (Lipinski definition) is 0. The summed E-state index contributed by atoms with van der Waals surface area (Å²) in [4.78, 5) is 16.7. The lowest BCUT2D eigenvalue weighted by molar-refractivity contribution is 0.931. The summed E-state index contributed by atoms with van der Waals surface area (Å²) in [5, 5.41) is 5.08. The Balaban J connectivity index is 1.91. The van der Waals surface area contributed by atoms with E-state index in [4.69, 9.17) is 0 Å². The van der Waals surface area contributed by atoms with E-state index >= 15 is 0 Å². The number of rotatable bonds is 2. The third-order valence-corrected chi connectivity index (χ3v) is 4.22. The summed E-state index contributed by atoms with van der Waals surface area (Å²) in [6, 6.07) is 21.3. The summed E-state index contributed by atoms with van der Waals surface area (Å²) in [6.07, 6.45) is 0. The predicted molar refractivity (Wildman–Crippen MR) is 88.0 cm³/mol. The fraction of sp³-hybridized carbons (Fsp3) is 0. The fourth-order valence-corrected chi connectivity index (χ4v) is 3.07. The summed E-state index contributed by atoms with van der Waals surface area (Å²) in [5.74, 6) is 0. The van der Waals surface area contributed by atoms with Crippen molar-refractivity contribution >= 4 is 17.0 Å². The quantitative estimate of drug-likeness (QED) is 0.569. The first-order valence-electron chi connectivity index (χ1n) is 6.83. The van der Waals surface area contributed by atoms with Crippen LogP contribution in [0, 0.1) is 0 Å². The lowest BCUT2D eigenvalue weighted by atomic mass is 10.2. The first kappa shape index (κ1) is 12.9. The van der Waals surface area contributed by atoms with E-state index in [0.29, 0.717) is 10.7 Å². The molecule has 0 amide bonds. The molecule has 0 N–H and O–H groups in total. The van der Waals surface area contributed by atoms with E-state index in [2.05, 4.69) is 10.1 Å². The van der Waals surface area contributed by atoms with Crippen molar-refractivity contribution in [2.45, 2.75) is 0 Å². The lowest BCUT2D eigenvalue weighted by Gasteiger charge is -1.98. The zero-order valence-corrected chi connectivity index (χ0v) is 12.3. The van der Waals surface area contributed by atoms with E-state index in [1.54, 1.807) is 0 Å². The number of nitrogens with zero attached hydrogens (tertiary/aromatic N) is 3. The number of fused-ring (bicyclic) bond motifs is 1. The summed E-state index contributed by atoms with van der Waals surface area (Å²) in [7, 11) is 0. The number of aromatic nitrogens is 3. The van der Waals surface area contributed by atoms with Crippen molar-refractivity contribution in [3.05, 3.63) is 76.4 Å². The predicted octanol–water partition coefficient (Wildman–Crippen LogP) is 3.49. The average Bonchev–Trinajstić information content (AvgIpc) is 3.01. The molecule has 2 heterocycles. The number of hydrogen-bond acceptors (Lipinski definition) is 4. The Kier molecular flexibility index (Phi) is 3.05. The highest BCUT2D eigenvalue weighted by molar-refractivity contribution is 7.12. The standard InChI is InChI=1S/C17H11N3OS/c21-17-20-15(11-14(19-20)12-7-3-1-4-8-12)18-16(22-17)13-9-5-2-6-10-13/h1-11H. The van der Waals surface area contributed by atoms with Gasteiger partial charge in [0.25, 0.3) is 0 Å². The Morgan fingerprint density at radius 2 is 1.50 bits per heavy atom. The molecule has 0 bridgehead atoms. The van der Waals surface area contributed by atoms with Crippen LogP contribution in [0.5, 0.6) is 0 Å². The molecule has 22 heavy (non-hydrogen) atoms. The summed E-state index contributed by atoms with van der Waals surface area (Å²) < 4.78 is 1.36. The molecule has 2 aromatic heterocycles. The van der Waals surface area contributed by atoms with Crippen LogP contribution < -0.4 is 4.87 Å². The summed E-state index contributed by atoms with van der Waals surface area (Å²) in [5.41, 5.74) is 3.23. The van der Waals surface area contributed by atoms with Gasteiger partial charge in [-0.1, -0.05) is 72.0 Å². The molecule has 0 unspecified atom stereocenters. The van der Waals surface area contributed by atoms with Crippen molar-refractivity contribution in [2.75, 3.05) is 0 Å². The maximum absolute atomic E-state index is 12.3. The fourth-order valence-electron chi connectivity index (χ4n) is 2.29. The second-order valence-corrected chi connectivity index (χ2v) is 5.76. The van der Waals surface area contributed by atoms with Crippen molar-refractivity contribution in [3.8, 4) is 21.8 Å². The molecule has 0 aliphatic heterocycles. The molecule has 0 atom stereocenters. The second kappa shape index (κ2) is 5.20. The zero-order chi connectivity index (χ0) is 14.9. The van der Waals surface area contributed by atoms with Gasteiger partial charge in [0, 0.05) is 17.2 Å². The van der Waals surface area contributed by atoms with Gasteiger partial charge in [0.05, 0.1) is 5.69 Å². The van der Waals surface area contributed by atoms with Crippen molar-refractivity contribution in [1.29, 1.82) is 0 Å². The van der Waals surface area contributed by atoms with E-state index in [1.807, 2.05) is 66.7 Å². The minimum Gasteiger partial charge on any atom is -0.255 e. The van der Waals surface area contributed by atoms with Gasteiger partial charge in [-0.05, 0) is 0 Å². The van der Waals surface area contributed by atoms with Crippen LogP contribution in [-0.4, -0.2) is 14.6 Å². The molecule has 0 spiro atoms. The second-order valence-electron chi connectivity index (χ2n) is 4.82. The summed E-state index contributed by atoms with van der Waals surface area (Å²) in [6.45, 7) is 0. The van der Waals surface area contributed by atoms with Crippen molar-refractivity contribution < 1.29 is 0 Å². The van der Waals surface area contributed by atoms with Crippen molar-refractivity contribution in [3.63, 3.8) is 0 Å². The molecule has 0 aliphatic rings. The van der Waals surface area contributed by atoms with Crippen LogP contribution in [0.3, 0.4) is 0 Å². The smallest absolute Gasteiger partial charge is 0.255 e. The molecule has 4 aromatic rings. The molecule has 2 aromatic carbocycles. The molecule has 4 nitrogen and oxygen atoms in total. The molecular weight excluding hydrogens is 294 g/mol. The SMILES string of the molecule is O=c1sc(-c2ccccc2)nc2cc(-c3ccccc3)nn12. The Hall–Kier alpha value is -2.79. The molecule has 4 rings (SSSR count). The normalized spacial score (nSPS) is 10.9. The molecule has 0 fully saturated rings. The van der Waals surface area contributed by atoms with Gasteiger partial charge in [0.15, 0.2) is 5.65 Å². The molecule has 5 heteroatoms. The zero-order valence-electron chi connectivity index (χ0n) is 11.5. The van der Waals surface area contributed by atoms with Crippen molar-refractivity contribution in [1.82, 2.24) is 14.6 Å². The first-order chi connectivity index (χ1) is 10.8. The third kappa shape index (κ3) is 2.21. The lowest BCUT2D eigenvalue weighted by Crippen LogP contribution is -2.11. The van der Waals surface area contributed by atoms with Crippen LogP contribution in [0.1, 0.15) is 0 Å². The Morgan fingerprint density at radius 1 is 0.864 bits per heavy atom. The maximum atomic E-state index is 12.3. The van der Waals surface area contributed by atoms with Gasteiger partial charge in [0.1, 0.15) is 5.01 Å². The molecule has 0 radical (unpaired) electrons. The van der Waals surface area contributed by atoms with Crippen LogP contribution in [-0.2, 0) is 0 Å². The minimum absolute atomic E-state index is 0.133. The van der Waals surface area contributed by atoms with E-state index in [-0.39, 0.29) is 4.87 Å². The molecule has 0 aliphatic carbocycles. The third-order valence-electron chi connectivity index (χ3n) is 3.35. The Morgan fingerprint density at radius 3 is 2.18 bits per heavy atom. The van der Waals surface area contributed by atoms with Gasteiger partial charge < -0.3 is 0 Å². The maximum Gasteiger partial charge on any atom is 0.331 e. The highest BCUT2D eigenvalue weighted by Gasteiger charge is 2.10. The molecule has 0 saturated heterocycles. The van der Waals surface area contributed by atoms with Crippen molar-refractivity contribution in [2.24, 2.45) is 0 Å². The van der Waals surface area contributed by atoms with Crippen LogP contribution in [0.2, 0.25) is 0 Å². The van der Waals surface area contributed by atoms with Crippen LogP contribution in [0.4, 0.5) is 0 Å². The van der Waals surface area contributed by atoms with E-state index in [0.717, 1.165) is 28.2 Å². The van der Waals surface area contributed by atoms with Gasteiger partial charge in [-0.15, -0.1) is 0 Å². The van der Waals surface area contributed by atoms with E-state index in [1.165, 1.54) is 4.52 Å². The summed E-state index contributed by atoms with van der Waals surface area (Å²) >= 11 is 1.10. The molecule has 0 saturated carbocycles. The average molecular weight is 305 g/mol. The van der Waals surface area contributed by atoms with Gasteiger partial charge in [0.2, 0.25) is 0 Å². The Labute approximate surface area is 130 Å². The largest absolute Gasteiger partial charge is 0.331 e. The van der Waals surface area contributed by atoms with E-state index in [9.17, 15) is 4.79 Å². The topological polar surface area (TPSA) is 47.3 Å². The van der Waals surface area contributed by atoms with Crippen LogP contribution >= 0.6 is 11.3 Å². The Bertz CT molecular complexity index is 991. The van der Waals surface area contributed by atoms with Gasteiger partial charge in [-0.25, -0.2) is 4.98 Å². The van der Waals surface area contributed by atoms with Gasteiger partial charge in [-0.2, -0.15) is 9.61 Å².